The van der Waals surface area contributed by atoms with Crippen molar-refractivity contribution in [1.29, 1.82) is 5.26 Å². The van der Waals surface area contributed by atoms with Crippen molar-refractivity contribution in [2.45, 2.75) is 64.1 Å². The highest BCUT2D eigenvalue weighted by Gasteiger charge is 2.49. The Balaban J connectivity index is 1.29. The molecule has 0 unspecified atom stereocenters. The van der Waals surface area contributed by atoms with E-state index in [1.54, 1.807) is 17.0 Å². The van der Waals surface area contributed by atoms with E-state index in [2.05, 4.69) is 46.1 Å². The lowest BCUT2D eigenvalue weighted by Crippen LogP contribution is -2.44. The van der Waals surface area contributed by atoms with Crippen molar-refractivity contribution in [2.24, 2.45) is 0 Å². The summed E-state index contributed by atoms with van der Waals surface area (Å²) in [6, 6.07) is 16.4. The molecule has 35 heavy (non-hydrogen) atoms. The summed E-state index contributed by atoms with van der Waals surface area (Å²) in [4.78, 5) is 16.8. The van der Waals surface area contributed by atoms with Crippen LogP contribution < -0.4 is 15.0 Å². The van der Waals surface area contributed by atoms with Crippen LogP contribution in [0.4, 0.5) is 5.69 Å². The number of carbonyl (C=O) groups excluding carboxylic acids is 1. The van der Waals surface area contributed by atoms with Crippen LogP contribution in [0.15, 0.2) is 42.5 Å². The van der Waals surface area contributed by atoms with Crippen LogP contribution in [0.3, 0.4) is 0 Å². The molecule has 1 saturated heterocycles. The monoisotopic (exact) mass is 602 g/mol. The Bertz CT molecular complexity index is 1120. The summed E-state index contributed by atoms with van der Waals surface area (Å²) in [5.74, 6) is 0.786. The van der Waals surface area contributed by atoms with Gasteiger partial charge in [-0.1, -0.05) is 25.0 Å². The molecule has 0 radical (unpaired) electrons. The summed E-state index contributed by atoms with van der Waals surface area (Å²) < 4.78 is 6.76. The summed E-state index contributed by atoms with van der Waals surface area (Å²) in [6.07, 6.45) is 5.99. The first-order valence-electron chi connectivity index (χ1n) is 12.1. The van der Waals surface area contributed by atoms with Crippen LogP contribution in [-0.4, -0.2) is 40.7 Å². The van der Waals surface area contributed by atoms with E-state index in [9.17, 15) is 10.1 Å². The Morgan fingerprint density at radius 2 is 1.91 bits per heavy atom. The number of hydrogen-bond donors (Lipinski definition) is 1. The van der Waals surface area contributed by atoms with Gasteiger partial charge in [0.15, 0.2) is 5.11 Å². The Morgan fingerprint density at radius 3 is 2.57 bits per heavy atom. The van der Waals surface area contributed by atoms with Crippen molar-refractivity contribution in [1.82, 2.24) is 10.2 Å². The zero-order chi connectivity index (χ0) is 25.0. The molecule has 8 heteroatoms. The number of halogens is 1. The highest BCUT2D eigenvalue weighted by molar-refractivity contribution is 14.1. The van der Waals surface area contributed by atoms with Gasteiger partial charge in [0, 0.05) is 22.7 Å². The molecule has 2 aromatic carbocycles. The van der Waals surface area contributed by atoms with E-state index in [1.165, 1.54) is 31.2 Å². The predicted molar refractivity (Wildman–Crippen MR) is 150 cm³/mol. The lowest BCUT2D eigenvalue weighted by atomic mass is 10.0. The van der Waals surface area contributed by atoms with Crippen LogP contribution in [0.25, 0.3) is 0 Å². The van der Waals surface area contributed by atoms with Gasteiger partial charge in [-0.3, -0.25) is 9.69 Å². The van der Waals surface area contributed by atoms with Gasteiger partial charge in [-0.05, 0) is 104 Å². The molecular formula is C27H31IN4O2S. The van der Waals surface area contributed by atoms with E-state index < -0.39 is 5.54 Å². The molecular weight excluding hydrogens is 571 g/mol. The number of amides is 1. The fourth-order valence-corrected chi connectivity index (χ4v) is 5.81. The number of hydrogen-bond acceptors (Lipinski definition) is 5. The van der Waals surface area contributed by atoms with Gasteiger partial charge < -0.3 is 15.0 Å². The third-order valence-electron chi connectivity index (χ3n) is 6.82. The van der Waals surface area contributed by atoms with Crippen molar-refractivity contribution in [3.8, 4) is 11.8 Å². The number of nitriles is 1. The highest BCUT2D eigenvalue weighted by atomic mass is 127. The van der Waals surface area contributed by atoms with Crippen molar-refractivity contribution >= 4 is 51.5 Å². The highest BCUT2D eigenvalue weighted by Crippen LogP contribution is 2.33. The van der Waals surface area contributed by atoms with E-state index in [4.69, 9.17) is 17.0 Å². The Kier molecular flexibility index (Phi) is 8.30. The molecule has 0 bridgehead atoms. The second-order valence-electron chi connectivity index (χ2n) is 9.62. The van der Waals surface area contributed by atoms with Gasteiger partial charge in [0.25, 0.3) is 5.91 Å². The first-order chi connectivity index (χ1) is 16.8. The van der Waals surface area contributed by atoms with Crippen LogP contribution in [0.2, 0.25) is 0 Å². The molecule has 1 amide bonds. The van der Waals surface area contributed by atoms with Gasteiger partial charge in [0.1, 0.15) is 17.4 Å². The van der Waals surface area contributed by atoms with Gasteiger partial charge in [0.2, 0.25) is 0 Å². The molecule has 0 spiro atoms. The summed E-state index contributed by atoms with van der Waals surface area (Å²) in [5, 5.41) is 13.3. The van der Waals surface area contributed by atoms with Gasteiger partial charge in [-0.15, -0.1) is 0 Å². The normalized spacial score (nSPS) is 17.8. The van der Waals surface area contributed by atoms with Crippen molar-refractivity contribution in [2.75, 3.05) is 18.1 Å². The number of anilines is 1. The number of ether oxygens (including phenoxy) is 1. The van der Waals surface area contributed by atoms with E-state index in [1.807, 2.05) is 36.9 Å². The minimum absolute atomic E-state index is 0.0641. The van der Waals surface area contributed by atoms with Gasteiger partial charge in [0.05, 0.1) is 17.9 Å². The fourth-order valence-electron chi connectivity index (χ4n) is 4.68. The average molecular weight is 603 g/mol. The van der Waals surface area contributed by atoms with Gasteiger partial charge >= 0.3 is 0 Å². The molecule has 2 aliphatic rings. The van der Waals surface area contributed by atoms with Gasteiger partial charge in [-0.25, -0.2) is 0 Å². The average Bonchev–Trinajstić information content (AvgIpc) is 3.42. The molecule has 0 aromatic heterocycles. The second kappa shape index (κ2) is 11.2. The molecule has 184 valence electrons. The first kappa shape index (κ1) is 25.9. The summed E-state index contributed by atoms with van der Waals surface area (Å²) in [5.41, 5.74) is 1.80. The standard InChI is InChI=1S/C27H31IN4O2S/c1-27(2)25(33)32(22-11-10-20(17-29)24(28)16-22)26(35)31(27)14-5-15-34-23-12-8-19(9-13-23)18-30-21-6-3-4-7-21/h8-13,16,21,30H,3-7,14-15,18H2,1-2H3. The maximum Gasteiger partial charge on any atom is 0.258 e. The Morgan fingerprint density at radius 1 is 1.20 bits per heavy atom. The van der Waals surface area contributed by atoms with Crippen molar-refractivity contribution in [3.63, 3.8) is 0 Å². The topological polar surface area (TPSA) is 68.6 Å². The predicted octanol–water partition coefficient (Wildman–Crippen LogP) is 5.38. The quantitative estimate of drug-likeness (QED) is 0.236. The number of nitrogens with zero attached hydrogens (tertiary/aromatic N) is 3. The molecule has 1 heterocycles. The number of rotatable bonds is 9. The molecule has 6 nitrogen and oxygen atoms in total. The molecule has 0 atom stereocenters. The van der Waals surface area contributed by atoms with Crippen LogP contribution in [0, 0.1) is 14.9 Å². The smallest absolute Gasteiger partial charge is 0.258 e. The lowest BCUT2D eigenvalue weighted by molar-refractivity contribution is -0.123. The van der Waals surface area contributed by atoms with E-state index >= 15 is 0 Å². The van der Waals surface area contributed by atoms with E-state index in [-0.39, 0.29) is 5.91 Å². The summed E-state index contributed by atoms with van der Waals surface area (Å²) in [6.45, 7) is 5.85. The van der Waals surface area contributed by atoms with Gasteiger partial charge in [-0.2, -0.15) is 5.26 Å². The lowest BCUT2D eigenvalue weighted by Gasteiger charge is -2.29. The SMILES string of the molecule is CC1(C)C(=O)N(c2ccc(C#N)c(I)c2)C(=S)N1CCCOc1ccc(CNC2CCCC2)cc1. The van der Waals surface area contributed by atoms with Crippen LogP contribution in [0.1, 0.15) is 57.1 Å². The summed E-state index contributed by atoms with van der Waals surface area (Å²) >= 11 is 7.82. The van der Waals surface area contributed by atoms with Crippen molar-refractivity contribution in [3.05, 3.63) is 57.2 Å². The number of carbonyl (C=O) groups is 1. The van der Waals surface area contributed by atoms with Crippen LogP contribution >= 0.6 is 34.8 Å². The number of benzene rings is 2. The number of thiocarbonyl (C=S) groups is 1. The second-order valence-corrected chi connectivity index (χ2v) is 11.1. The third-order valence-corrected chi connectivity index (χ3v) is 8.12. The molecule has 1 aliphatic heterocycles. The molecule has 1 saturated carbocycles. The van der Waals surface area contributed by atoms with Crippen LogP contribution in [-0.2, 0) is 11.3 Å². The zero-order valence-corrected chi connectivity index (χ0v) is 23.2. The number of nitrogens with one attached hydrogen (secondary N) is 1. The minimum atomic E-state index is -0.746. The minimum Gasteiger partial charge on any atom is -0.494 e. The molecule has 2 aromatic rings. The molecule has 1 N–H and O–H groups in total. The first-order valence-corrected chi connectivity index (χ1v) is 13.6. The fraction of sp³-hybridized carbons (Fsp3) is 0.444. The van der Waals surface area contributed by atoms with E-state index in [0.717, 1.165) is 22.3 Å². The van der Waals surface area contributed by atoms with Crippen LogP contribution in [0.5, 0.6) is 5.75 Å². The third kappa shape index (κ3) is 5.79. The molecule has 4 rings (SSSR count). The molecule has 2 fully saturated rings. The maximum atomic E-state index is 13.2. The summed E-state index contributed by atoms with van der Waals surface area (Å²) in [7, 11) is 0. The zero-order valence-electron chi connectivity index (χ0n) is 20.2. The largest absolute Gasteiger partial charge is 0.494 e. The molecule has 1 aliphatic carbocycles. The Hall–Kier alpha value is -2.22. The maximum absolute atomic E-state index is 13.2. The van der Waals surface area contributed by atoms with E-state index in [0.29, 0.717) is 35.6 Å². The van der Waals surface area contributed by atoms with Crippen molar-refractivity contribution < 1.29 is 9.53 Å². The Labute approximate surface area is 226 Å².